The van der Waals surface area contributed by atoms with Gasteiger partial charge in [-0.05, 0) is 24.3 Å². The van der Waals surface area contributed by atoms with Gasteiger partial charge in [0.1, 0.15) is 0 Å². The van der Waals surface area contributed by atoms with Gasteiger partial charge in [-0.2, -0.15) is 0 Å². The average Bonchev–Trinajstić information content (AvgIpc) is 3.16. The summed E-state index contributed by atoms with van der Waals surface area (Å²) in [6.07, 6.45) is 3.47. The summed E-state index contributed by atoms with van der Waals surface area (Å²) in [4.78, 5) is 39.3. The van der Waals surface area contributed by atoms with Gasteiger partial charge >= 0.3 is 0 Å². The summed E-state index contributed by atoms with van der Waals surface area (Å²) < 4.78 is 0. The van der Waals surface area contributed by atoms with Crippen LogP contribution < -0.4 is 11.1 Å². The first-order valence-corrected chi connectivity index (χ1v) is 8.28. The van der Waals surface area contributed by atoms with Gasteiger partial charge in [0, 0.05) is 44.7 Å². The minimum atomic E-state index is -0.215. The van der Waals surface area contributed by atoms with E-state index >= 15 is 0 Å². The van der Waals surface area contributed by atoms with Gasteiger partial charge in [-0.1, -0.05) is 0 Å². The van der Waals surface area contributed by atoms with E-state index in [1.54, 1.807) is 12.4 Å². The van der Waals surface area contributed by atoms with Crippen molar-refractivity contribution in [2.75, 3.05) is 0 Å². The molecule has 3 aromatic carbocycles. The quantitative estimate of drug-likeness (QED) is 0.329. The third-order valence-corrected chi connectivity index (χ3v) is 5.57. The lowest BCUT2D eigenvalue weighted by molar-refractivity contribution is 1.37. The van der Waals surface area contributed by atoms with E-state index < -0.39 is 0 Å². The van der Waals surface area contributed by atoms with Crippen molar-refractivity contribution in [1.82, 2.24) is 19.9 Å². The fourth-order valence-corrected chi connectivity index (χ4v) is 4.53. The molecule has 4 aromatic heterocycles. The van der Waals surface area contributed by atoms with Crippen LogP contribution in [0.15, 0.2) is 46.2 Å². The molecule has 0 atom stereocenters. The second-order valence-electron chi connectivity index (χ2n) is 6.75. The maximum atomic E-state index is 12.2. The summed E-state index contributed by atoms with van der Waals surface area (Å²) in [6, 6.07) is 7.73. The highest BCUT2D eigenvalue weighted by molar-refractivity contribution is 6.37. The lowest BCUT2D eigenvalue weighted by atomic mass is 9.93. The molecule has 7 rings (SSSR count). The molecule has 6 nitrogen and oxygen atoms in total. The lowest BCUT2D eigenvalue weighted by Gasteiger charge is -2.13. The Morgan fingerprint density at radius 2 is 1.04 bits per heavy atom. The first-order chi connectivity index (χ1) is 12.7. The predicted molar refractivity (Wildman–Crippen MR) is 102 cm³/mol. The zero-order valence-electron chi connectivity index (χ0n) is 13.2. The Morgan fingerprint density at radius 1 is 0.577 bits per heavy atom. The smallest absolute Gasteiger partial charge is 0.279 e. The molecule has 0 unspecified atom stereocenters. The van der Waals surface area contributed by atoms with Crippen molar-refractivity contribution in [3.05, 3.63) is 57.4 Å². The van der Waals surface area contributed by atoms with E-state index in [0.29, 0.717) is 21.8 Å². The molecule has 120 valence electrons. The second-order valence-corrected chi connectivity index (χ2v) is 6.75. The Morgan fingerprint density at radius 3 is 1.50 bits per heavy atom. The molecule has 0 radical (unpaired) electrons. The SMILES string of the molecule is O=c1nc2ccc3c4[nH]cc5c(=O)nc6ccc(c7[nH]cc1c2c37)c4c65. The van der Waals surface area contributed by atoms with E-state index in [1.165, 1.54) is 0 Å². The van der Waals surface area contributed by atoms with Gasteiger partial charge in [-0.3, -0.25) is 9.59 Å². The molecule has 0 aliphatic heterocycles. The van der Waals surface area contributed by atoms with Crippen LogP contribution in [0.5, 0.6) is 0 Å². The van der Waals surface area contributed by atoms with Gasteiger partial charge in [0.05, 0.1) is 32.8 Å². The van der Waals surface area contributed by atoms with Crippen LogP contribution in [0.3, 0.4) is 0 Å². The second kappa shape index (κ2) is 3.72. The molecule has 0 amide bonds. The number of benzene rings is 3. The standard InChI is InChI=1S/C20H8N4O2/c25-19-9-6-22-18-8-2-4-12-14-10(20(26)24-12)5-21-17(16(8)14)7-1-3-11(23-19)13(9)15(7)18/h1-6,21-22H. The van der Waals surface area contributed by atoms with Crippen LogP contribution in [-0.4, -0.2) is 19.9 Å². The monoisotopic (exact) mass is 336 g/mol. The number of rotatable bonds is 0. The van der Waals surface area contributed by atoms with Crippen LogP contribution in [0.2, 0.25) is 0 Å². The minimum Gasteiger partial charge on any atom is -0.360 e. The van der Waals surface area contributed by atoms with Gasteiger partial charge in [-0.15, -0.1) is 0 Å². The molecule has 7 aromatic rings. The molecule has 4 heterocycles. The molecule has 2 N–H and O–H groups in total. The maximum Gasteiger partial charge on any atom is 0.279 e. The number of nitrogens with one attached hydrogen (secondary N) is 2. The van der Waals surface area contributed by atoms with Crippen molar-refractivity contribution in [1.29, 1.82) is 0 Å². The molecule has 26 heavy (non-hydrogen) atoms. The topological polar surface area (TPSA) is 91.5 Å². The zero-order valence-corrected chi connectivity index (χ0v) is 13.2. The Kier molecular flexibility index (Phi) is 1.80. The third kappa shape index (κ3) is 1.16. The molecular weight excluding hydrogens is 328 g/mol. The number of H-pyrrole nitrogens is 2. The highest BCUT2D eigenvalue weighted by atomic mass is 16.1. The summed E-state index contributed by atoms with van der Waals surface area (Å²) in [7, 11) is 0. The van der Waals surface area contributed by atoms with E-state index in [1.807, 2.05) is 24.3 Å². The molecule has 0 bridgehead atoms. The van der Waals surface area contributed by atoms with E-state index in [9.17, 15) is 9.59 Å². The van der Waals surface area contributed by atoms with Crippen molar-refractivity contribution in [3.63, 3.8) is 0 Å². The van der Waals surface area contributed by atoms with Crippen LogP contribution >= 0.6 is 0 Å². The zero-order chi connectivity index (χ0) is 17.2. The molecule has 0 saturated carbocycles. The summed E-state index contributed by atoms with van der Waals surface area (Å²) in [5.74, 6) is 0. The molecule has 0 fully saturated rings. The fraction of sp³-hybridized carbons (Fsp3) is 0. The Labute approximate surface area is 143 Å². The Balaban J connectivity index is 1.97. The number of nitrogens with zero attached hydrogens (tertiary/aromatic N) is 2. The molecule has 0 spiro atoms. The van der Waals surface area contributed by atoms with Crippen molar-refractivity contribution in [2.45, 2.75) is 0 Å². The van der Waals surface area contributed by atoms with Crippen LogP contribution in [0.4, 0.5) is 0 Å². The number of aromatic nitrogens is 4. The van der Waals surface area contributed by atoms with Crippen molar-refractivity contribution < 1.29 is 0 Å². The summed E-state index contributed by atoms with van der Waals surface area (Å²) in [5, 5.41) is 6.94. The normalized spacial score (nSPS) is 12.9. The largest absolute Gasteiger partial charge is 0.360 e. The van der Waals surface area contributed by atoms with E-state index in [0.717, 1.165) is 43.4 Å². The van der Waals surface area contributed by atoms with Gasteiger partial charge in [-0.25, -0.2) is 9.97 Å². The minimum absolute atomic E-state index is 0.215. The van der Waals surface area contributed by atoms with Gasteiger partial charge < -0.3 is 9.97 Å². The summed E-state index contributed by atoms with van der Waals surface area (Å²) in [5.41, 5.74) is 2.87. The Bertz CT molecular complexity index is 1620. The van der Waals surface area contributed by atoms with E-state index in [2.05, 4.69) is 19.9 Å². The van der Waals surface area contributed by atoms with E-state index in [-0.39, 0.29) is 11.1 Å². The number of hydrogen-bond donors (Lipinski definition) is 2. The predicted octanol–water partition coefficient (Wildman–Crippen LogP) is 3.09. The number of hydrogen-bond acceptors (Lipinski definition) is 4. The Hall–Kier alpha value is -3.80. The first kappa shape index (κ1) is 12.5. The molecule has 0 aliphatic carbocycles. The van der Waals surface area contributed by atoms with Crippen LogP contribution in [-0.2, 0) is 0 Å². The van der Waals surface area contributed by atoms with Gasteiger partial charge in [0.2, 0.25) is 0 Å². The van der Waals surface area contributed by atoms with Crippen LogP contribution in [0.25, 0.3) is 65.2 Å². The van der Waals surface area contributed by atoms with Crippen LogP contribution in [0.1, 0.15) is 0 Å². The summed E-state index contributed by atoms with van der Waals surface area (Å²) >= 11 is 0. The van der Waals surface area contributed by atoms with Gasteiger partial charge in [0.15, 0.2) is 0 Å². The third-order valence-electron chi connectivity index (χ3n) is 5.57. The first-order valence-electron chi connectivity index (χ1n) is 8.28. The van der Waals surface area contributed by atoms with Crippen molar-refractivity contribution >= 4 is 65.2 Å². The highest BCUT2D eigenvalue weighted by Crippen LogP contribution is 2.42. The maximum absolute atomic E-state index is 12.2. The average molecular weight is 336 g/mol. The molecular formula is C20H8N4O2. The lowest BCUT2D eigenvalue weighted by Crippen LogP contribution is -1.98. The van der Waals surface area contributed by atoms with Gasteiger partial charge in [0.25, 0.3) is 11.1 Å². The number of pyridine rings is 2. The van der Waals surface area contributed by atoms with E-state index in [4.69, 9.17) is 0 Å². The molecule has 6 heteroatoms. The molecule has 0 saturated heterocycles. The number of aromatic amines is 2. The van der Waals surface area contributed by atoms with Crippen LogP contribution in [0, 0.1) is 0 Å². The fourth-order valence-electron chi connectivity index (χ4n) is 4.53. The highest BCUT2D eigenvalue weighted by Gasteiger charge is 2.21. The summed E-state index contributed by atoms with van der Waals surface area (Å²) in [6.45, 7) is 0. The van der Waals surface area contributed by atoms with Crippen molar-refractivity contribution in [2.24, 2.45) is 0 Å². The van der Waals surface area contributed by atoms with Crippen molar-refractivity contribution in [3.8, 4) is 0 Å². The molecule has 0 aliphatic rings. The number of fused-ring (bicyclic) bond motifs is 2.